The molecule has 8 atom stereocenters. The predicted octanol–water partition coefficient (Wildman–Crippen LogP) is -1.39. The Morgan fingerprint density at radius 3 is 2.19 bits per heavy atom. The van der Waals surface area contributed by atoms with Crippen LogP contribution in [0, 0.1) is 0 Å². The molecule has 0 unspecified atom stereocenters. The second-order valence-electron chi connectivity index (χ2n) is 8.77. The summed E-state index contributed by atoms with van der Waals surface area (Å²) < 4.78 is 27.3. The molecule has 2 aliphatic heterocycles. The average molecular weight is 524 g/mol. The van der Waals surface area contributed by atoms with Gasteiger partial charge in [0.1, 0.15) is 48.3 Å². The summed E-state index contributed by atoms with van der Waals surface area (Å²) in [5.41, 5.74) is -1.97. The van der Waals surface area contributed by atoms with Crippen LogP contribution in [-0.2, 0) is 18.9 Å². The van der Waals surface area contributed by atoms with Crippen molar-refractivity contribution in [2.75, 3.05) is 19.8 Å². The van der Waals surface area contributed by atoms with Gasteiger partial charge in [0.05, 0.1) is 18.8 Å². The Bertz CT molecular complexity index is 1050. The maximum atomic E-state index is 12.2. The number of ether oxygens (including phenoxy) is 5. The summed E-state index contributed by atoms with van der Waals surface area (Å²) in [5.74, 6) is -0.697. The van der Waals surface area contributed by atoms with Gasteiger partial charge in [0, 0.05) is 0 Å². The molecule has 0 radical (unpaired) electrons. The van der Waals surface area contributed by atoms with Crippen molar-refractivity contribution >= 4 is 5.97 Å². The fraction of sp³-hybridized carbons (Fsp3) is 0.458. The standard InChI is InChI=1S/C24H28O13/c25-9-16-17(28)18(29)19(22(36-16)35-15-7-5-14(27)6-8-15)37-23-20(30)24(32,11-34-23)10-33-21(31)12-1-3-13(26)4-2-12/h1-8,16-20,22-23,25-30,32H,9-11H2/t16-,17-,18+,19-,20+,22-,23+,24-/m1/s1. The number of carbonyl (C=O) groups is 1. The highest BCUT2D eigenvalue weighted by atomic mass is 16.8. The molecule has 0 aromatic heterocycles. The lowest BCUT2D eigenvalue weighted by Crippen LogP contribution is -2.62. The molecule has 0 saturated carbocycles. The van der Waals surface area contributed by atoms with Crippen LogP contribution in [0.25, 0.3) is 0 Å². The predicted molar refractivity (Wildman–Crippen MR) is 120 cm³/mol. The van der Waals surface area contributed by atoms with Crippen molar-refractivity contribution in [1.82, 2.24) is 0 Å². The lowest BCUT2D eigenvalue weighted by molar-refractivity contribution is -0.318. The first-order chi connectivity index (χ1) is 17.6. The molecule has 13 nitrogen and oxygen atoms in total. The fourth-order valence-electron chi connectivity index (χ4n) is 3.88. The SMILES string of the molecule is O=C(OC[C@@]1(O)CO[C@@H](O[C@H]2[C@H](Oc3ccc(O)cc3)O[C@H](CO)[C@@H](O)[C@@H]2O)[C@@H]1O)c1ccc(O)cc1. The molecule has 2 heterocycles. The van der Waals surface area contributed by atoms with Gasteiger partial charge in [-0.15, -0.1) is 0 Å². The largest absolute Gasteiger partial charge is 0.508 e. The number of phenols is 2. The second kappa shape index (κ2) is 11.2. The third kappa shape index (κ3) is 5.95. The monoisotopic (exact) mass is 524 g/mol. The van der Waals surface area contributed by atoms with E-state index in [1.807, 2.05) is 0 Å². The van der Waals surface area contributed by atoms with Crippen LogP contribution in [0.2, 0.25) is 0 Å². The molecular formula is C24H28O13. The highest BCUT2D eigenvalue weighted by molar-refractivity contribution is 5.89. The smallest absolute Gasteiger partial charge is 0.338 e. The van der Waals surface area contributed by atoms with E-state index in [4.69, 9.17) is 23.7 Å². The van der Waals surface area contributed by atoms with Gasteiger partial charge in [-0.2, -0.15) is 0 Å². The van der Waals surface area contributed by atoms with Crippen molar-refractivity contribution in [3.8, 4) is 17.2 Å². The first-order valence-electron chi connectivity index (χ1n) is 11.3. The van der Waals surface area contributed by atoms with E-state index in [2.05, 4.69) is 0 Å². The third-order valence-corrected chi connectivity index (χ3v) is 6.07. The van der Waals surface area contributed by atoms with Crippen LogP contribution in [0.5, 0.6) is 17.2 Å². The minimum atomic E-state index is -2.07. The van der Waals surface area contributed by atoms with E-state index >= 15 is 0 Å². The first kappa shape index (κ1) is 27.0. The van der Waals surface area contributed by atoms with E-state index in [1.54, 1.807) is 0 Å². The normalized spacial score (nSPS) is 33.7. The highest BCUT2D eigenvalue weighted by Crippen LogP contribution is 2.32. The molecule has 0 bridgehead atoms. The summed E-state index contributed by atoms with van der Waals surface area (Å²) in [4.78, 5) is 12.2. The van der Waals surface area contributed by atoms with E-state index in [1.165, 1.54) is 48.5 Å². The molecule has 4 rings (SSSR count). The van der Waals surface area contributed by atoms with Crippen molar-refractivity contribution in [2.24, 2.45) is 0 Å². The van der Waals surface area contributed by atoms with Crippen molar-refractivity contribution in [1.29, 1.82) is 0 Å². The van der Waals surface area contributed by atoms with Crippen molar-refractivity contribution in [2.45, 2.75) is 48.7 Å². The number of aromatic hydroxyl groups is 2. The lowest BCUT2D eigenvalue weighted by atomic mass is 9.98. The van der Waals surface area contributed by atoms with Crippen molar-refractivity contribution in [3.05, 3.63) is 54.1 Å². The highest BCUT2D eigenvalue weighted by Gasteiger charge is 2.54. The Morgan fingerprint density at radius 2 is 1.57 bits per heavy atom. The van der Waals surface area contributed by atoms with Gasteiger partial charge in [-0.25, -0.2) is 4.79 Å². The Kier molecular flexibility index (Phi) is 8.16. The van der Waals surface area contributed by atoms with E-state index in [0.717, 1.165) is 0 Å². The zero-order valence-electron chi connectivity index (χ0n) is 19.4. The molecule has 0 spiro atoms. The summed E-state index contributed by atoms with van der Waals surface area (Å²) in [5, 5.41) is 70.8. The van der Waals surface area contributed by atoms with Gasteiger partial charge in [-0.1, -0.05) is 0 Å². The van der Waals surface area contributed by atoms with Crippen LogP contribution in [0.1, 0.15) is 10.4 Å². The molecule has 202 valence electrons. The maximum Gasteiger partial charge on any atom is 0.338 e. The Morgan fingerprint density at radius 1 is 0.946 bits per heavy atom. The fourth-order valence-corrected chi connectivity index (χ4v) is 3.88. The van der Waals surface area contributed by atoms with Crippen LogP contribution < -0.4 is 4.74 Å². The average Bonchev–Trinajstić information content (AvgIpc) is 3.17. The van der Waals surface area contributed by atoms with Crippen LogP contribution in [0.3, 0.4) is 0 Å². The van der Waals surface area contributed by atoms with Crippen molar-refractivity contribution < 1.29 is 64.2 Å². The quantitative estimate of drug-likeness (QED) is 0.199. The molecule has 2 saturated heterocycles. The molecule has 0 amide bonds. The van der Waals surface area contributed by atoms with Crippen LogP contribution in [-0.4, -0.2) is 110 Å². The molecule has 13 heteroatoms. The first-order valence-corrected chi connectivity index (χ1v) is 11.3. The number of aliphatic hydroxyl groups is 5. The van der Waals surface area contributed by atoms with Gasteiger partial charge >= 0.3 is 5.97 Å². The minimum absolute atomic E-state index is 0.0266. The van der Waals surface area contributed by atoms with Gasteiger partial charge in [-0.3, -0.25) is 0 Å². The summed E-state index contributed by atoms with van der Waals surface area (Å²) in [6.07, 6.45) is -10.6. The topological polar surface area (TPSA) is 205 Å². The molecule has 2 aliphatic rings. The van der Waals surface area contributed by atoms with Gasteiger partial charge in [-0.05, 0) is 48.5 Å². The molecule has 0 aliphatic carbocycles. The number of carbonyl (C=O) groups excluding carboxylic acids is 1. The number of phenolic OH excluding ortho intramolecular Hbond substituents is 2. The van der Waals surface area contributed by atoms with E-state index in [0.29, 0.717) is 0 Å². The van der Waals surface area contributed by atoms with Crippen LogP contribution in [0.4, 0.5) is 0 Å². The van der Waals surface area contributed by atoms with Gasteiger partial charge in [0.2, 0.25) is 6.29 Å². The number of hydrogen-bond acceptors (Lipinski definition) is 13. The summed E-state index contributed by atoms with van der Waals surface area (Å²) in [6.45, 7) is -1.81. The second-order valence-corrected chi connectivity index (χ2v) is 8.77. The molecule has 2 fully saturated rings. The number of hydrogen-bond donors (Lipinski definition) is 7. The molecular weight excluding hydrogens is 496 g/mol. The lowest BCUT2D eigenvalue weighted by Gasteiger charge is -2.42. The van der Waals surface area contributed by atoms with Crippen molar-refractivity contribution in [3.63, 3.8) is 0 Å². The summed E-state index contributed by atoms with van der Waals surface area (Å²) in [7, 11) is 0. The number of benzene rings is 2. The summed E-state index contributed by atoms with van der Waals surface area (Å²) in [6, 6.07) is 10.7. The molecule has 7 N–H and O–H groups in total. The zero-order chi connectivity index (χ0) is 26.7. The Hall–Kier alpha value is -3.01. The van der Waals surface area contributed by atoms with Gasteiger partial charge in [0.25, 0.3) is 0 Å². The van der Waals surface area contributed by atoms with Gasteiger partial charge in [0.15, 0.2) is 18.0 Å². The van der Waals surface area contributed by atoms with Gasteiger partial charge < -0.3 is 59.4 Å². The third-order valence-electron chi connectivity index (χ3n) is 6.07. The molecule has 37 heavy (non-hydrogen) atoms. The number of aliphatic hydroxyl groups excluding tert-OH is 4. The van der Waals surface area contributed by atoms with E-state index in [-0.39, 0.29) is 22.8 Å². The van der Waals surface area contributed by atoms with Crippen LogP contribution >= 0.6 is 0 Å². The Labute approximate surface area is 210 Å². The summed E-state index contributed by atoms with van der Waals surface area (Å²) >= 11 is 0. The number of esters is 1. The number of rotatable bonds is 8. The van der Waals surface area contributed by atoms with E-state index < -0.39 is 74.5 Å². The zero-order valence-corrected chi connectivity index (χ0v) is 19.4. The molecule has 2 aromatic rings. The molecule has 2 aromatic carbocycles. The Balaban J connectivity index is 1.43. The van der Waals surface area contributed by atoms with Crippen LogP contribution in [0.15, 0.2) is 48.5 Å². The van der Waals surface area contributed by atoms with E-state index in [9.17, 15) is 40.5 Å². The minimum Gasteiger partial charge on any atom is -0.508 e. The maximum absolute atomic E-state index is 12.2.